The lowest BCUT2D eigenvalue weighted by Gasteiger charge is -2.17. The van der Waals surface area contributed by atoms with Crippen LogP contribution in [0.1, 0.15) is 0 Å². The van der Waals surface area contributed by atoms with E-state index in [9.17, 15) is 0 Å². The molecule has 0 spiro atoms. The van der Waals surface area contributed by atoms with Gasteiger partial charge in [-0.25, -0.2) is 19.9 Å². The lowest BCUT2D eigenvalue weighted by atomic mass is 10.4. The van der Waals surface area contributed by atoms with E-state index >= 15 is 0 Å². The van der Waals surface area contributed by atoms with E-state index in [1.807, 2.05) is 55.7 Å². The fraction of sp³-hybridized carbons (Fsp3) is 0.667. The predicted octanol–water partition coefficient (Wildman–Crippen LogP) is 8.72. The molecule has 0 saturated carbocycles. The Morgan fingerprint density at radius 2 is 0.731 bits per heavy atom. The van der Waals surface area contributed by atoms with Crippen LogP contribution in [0.25, 0.3) is 34.4 Å². The van der Waals surface area contributed by atoms with Crippen LogP contribution in [-0.4, -0.2) is 96.9 Å². The van der Waals surface area contributed by atoms with Gasteiger partial charge in [0.25, 0.3) is 0 Å². The number of imidazole rings is 4. The van der Waals surface area contributed by atoms with E-state index in [0.717, 1.165) is 60.2 Å². The van der Waals surface area contributed by atoms with Crippen molar-refractivity contribution in [2.24, 2.45) is 0 Å². The van der Waals surface area contributed by atoms with Gasteiger partial charge in [0.05, 0.1) is 12.7 Å². The zero-order valence-electron chi connectivity index (χ0n) is 34.2. The third-order valence-corrected chi connectivity index (χ3v) is 15.3. The molecular weight excluding hydrogens is 721 g/mol. The highest BCUT2D eigenvalue weighted by atomic mass is 28.3. The van der Waals surface area contributed by atoms with E-state index in [0.29, 0.717) is 51.8 Å². The summed E-state index contributed by atoms with van der Waals surface area (Å²) in [6, 6.07) is 4.42. The average Bonchev–Trinajstić information content (AvgIpc) is 3.82. The molecule has 0 N–H and O–H groups in total. The van der Waals surface area contributed by atoms with E-state index in [-0.39, 0.29) is 0 Å². The summed E-state index contributed by atoms with van der Waals surface area (Å²) in [5.74, 6) is 1.39. The molecule has 0 bridgehead atoms. The summed E-state index contributed by atoms with van der Waals surface area (Å²) >= 11 is 0. The number of ether oxygens (including phenoxy) is 4. The van der Waals surface area contributed by atoms with Crippen molar-refractivity contribution >= 4 is 32.3 Å². The molecule has 290 valence electrons. The van der Waals surface area contributed by atoms with Crippen molar-refractivity contribution in [1.82, 2.24) is 38.2 Å². The Morgan fingerprint density at radius 3 is 1.04 bits per heavy atom. The number of hydrogen-bond acceptors (Lipinski definition) is 8. The van der Waals surface area contributed by atoms with Gasteiger partial charge in [-0.1, -0.05) is 78.6 Å². The summed E-state index contributed by atoms with van der Waals surface area (Å²) in [6.45, 7) is 32.9. The van der Waals surface area contributed by atoms with Crippen LogP contribution in [0.2, 0.25) is 103 Å². The first kappa shape index (κ1) is 42.3. The van der Waals surface area contributed by atoms with Gasteiger partial charge in [-0.15, -0.1) is 0 Å². The molecule has 0 saturated heterocycles. The van der Waals surface area contributed by atoms with Gasteiger partial charge >= 0.3 is 0 Å². The maximum Gasteiger partial charge on any atom is 0.179 e. The van der Waals surface area contributed by atoms with Crippen molar-refractivity contribution in [3.05, 3.63) is 37.4 Å². The standard InChI is InChI=1S/C36H66N8O4Si4/c1-49(2,3)17-13-45-27-41-21-31(37-25-41)33-23-43(29-47-15-19-51(7,8)9)35(39-33)36-40-34(24-44(36)30-48-16-20-52(10,11)12)32-22-42(26-38-32)28-46-14-18-50(4,5)6/h21-26H,13-20,27-30H2,1-12H3. The van der Waals surface area contributed by atoms with Crippen molar-refractivity contribution in [3.8, 4) is 34.4 Å². The summed E-state index contributed by atoms with van der Waals surface area (Å²) in [5, 5.41) is 0. The van der Waals surface area contributed by atoms with Crippen molar-refractivity contribution in [1.29, 1.82) is 0 Å². The maximum atomic E-state index is 6.27. The molecule has 0 aromatic carbocycles. The molecule has 0 aliphatic heterocycles. The van der Waals surface area contributed by atoms with Gasteiger partial charge in [-0.05, 0) is 24.2 Å². The second kappa shape index (κ2) is 18.3. The van der Waals surface area contributed by atoms with Crippen molar-refractivity contribution in [2.45, 2.75) is 130 Å². The van der Waals surface area contributed by atoms with Gasteiger partial charge < -0.3 is 37.2 Å². The van der Waals surface area contributed by atoms with Crippen LogP contribution in [0.3, 0.4) is 0 Å². The molecule has 16 heteroatoms. The molecular formula is C36H66N8O4Si4. The van der Waals surface area contributed by atoms with Gasteiger partial charge in [0, 0.05) is 83.5 Å². The second-order valence-corrected chi connectivity index (χ2v) is 41.3. The van der Waals surface area contributed by atoms with Crippen LogP contribution >= 0.6 is 0 Å². The number of rotatable bonds is 23. The third-order valence-electron chi connectivity index (χ3n) is 8.47. The summed E-state index contributed by atoms with van der Waals surface area (Å²) in [5.41, 5.74) is 3.04. The Hall–Kier alpha value is -2.45. The number of aromatic nitrogens is 8. The molecule has 0 aliphatic rings. The first-order chi connectivity index (χ1) is 24.2. The van der Waals surface area contributed by atoms with E-state index in [1.165, 1.54) is 0 Å². The molecule has 0 radical (unpaired) electrons. The highest BCUT2D eigenvalue weighted by Gasteiger charge is 2.22. The summed E-state index contributed by atoms with van der Waals surface area (Å²) in [6.07, 6.45) is 11.6. The fourth-order valence-electron chi connectivity index (χ4n) is 4.94. The molecule has 4 aromatic heterocycles. The summed E-state index contributed by atoms with van der Waals surface area (Å²) in [7, 11) is -4.82. The Balaban J connectivity index is 1.62. The maximum absolute atomic E-state index is 6.27. The van der Waals surface area contributed by atoms with Crippen molar-refractivity contribution in [2.75, 3.05) is 26.4 Å². The Kier molecular flexibility index (Phi) is 14.8. The van der Waals surface area contributed by atoms with E-state index in [2.05, 4.69) is 78.6 Å². The van der Waals surface area contributed by atoms with E-state index < -0.39 is 32.3 Å². The zero-order valence-corrected chi connectivity index (χ0v) is 38.2. The minimum atomic E-state index is -1.25. The van der Waals surface area contributed by atoms with Crippen LogP contribution in [0.5, 0.6) is 0 Å². The average molecular weight is 787 g/mol. The highest BCUT2D eigenvalue weighted by molar-refractivity contribution is 6.77. The Bertz CT molecular complexity index is 1550. The van der Waals surface area contributed by atoms with Crippen LogP contribution < -0.4 is 0 Å². The molecule has 4 rings (SSSR count). The molecule has 4 aromatic rings. The van der Waals surface area contributed by atoms with Crippen molar-refractivity contribution < 1.29 is 18.9 Å². The van der Waals surface area contributed by atoms with Crippen LogP contribution in [-0.2, 0) is 45.9 Å². The molecule has 0 unspecified atom stereocenters. The summed E-state index contributed by atoms with van der Waals surface area (Å²) in [4.78, 5) is 19.7. The normalized spacial score (nSPS) is 13.1. The Labute approximate surface area is 316 Å². The summed E-state index contributed by atoms with van der Waals surface area (Å²) < 4.78 is 32.5. The molecule has 0 aliphatic carbocycles. The zero-order chi connectivity index (χ0) is 38.2. The monoisotopic (exact) mass is 786 g/mol. The van der Waals surface area contributed by atoms with Gasteiger partial charge in [-0.3, -0.25) is 0 Å². The fourth-order valence-corrected chi connectivity index (χ4v) is 7.96. The van der Waals surface area contributed by atoms with Crippen molar-refractivity contribution in [3.63, 3.8) is 0 Å². The van der Waals surface area contributed by atoms with Crippen LogP contribution in [0.4, 0.5) is 0 Å². The molecule has 12 nitrogen and oxygen atoms in total. The van der Waals surface area contributed by atoms with Gasteiger partial charge in [0.15, 0.2) is 11.6 Å². The number of nitrogens with zero attached hydrogens (tertiary/aromatic N) is 8. The second-order valence-electron chi connectivity index (χ2n) is 18.8. The molecule has 0 atom stereocenters. The minimum absolute atomic E-state index is 0.357. The number of hydrogen-bond donors (Lipinski definition) is 0. The topological polar surface area (TPSA) is 108 Å². The minimum Gasteiger partial charge on any atom is -0.361 e. The van der Waals surface area contributed by atoms with Gasteiger partial charge in [-0.2, -0.15) is 0 Å². The lowest BCUT2D eigenvalue weighted by Crippen LogP contribution is -2.22. The third kappa shape index (κ3) is 14.8. The lowest BCUT2D eigenvalue weighted by molar-refractivity contribution is 0.0845. The smallest absolute Gasteiger partial charge is 0.179 e. The van der Waals surface area contributed by atoms with E-state index in [1.54, 1.807) is 0 Å². The first-order valence-corrected chi connectivity index (χ1v) is 33.6. The SMILES string of the molecule is C[Si](C)(C)CCOCn1cnc(-c2cn(COCC[Si](C)(C)C)c(-c3nc(-c4cn(COCC[Si](C)(C)C)cn4)cn3COCC[Si](C)(C)C)n2)c1. The highest BCUT2D eigenvalue weighted by Crippen LogP contribution is 2.28. The Morgan fingerprint density at radius 1 is 0.423 bits per heavy atom. The van der Waals surface area contributed by atoms with Gasteiger partial charge in [0.2, 0.25) is 0 Å². The van der Waals surface area contributed by atoms with Crippen LogP contribution in [0, 0.1) is 0 Å². The first-order valence-electron chi connectivity index (χ1n) is 18.7. The largest absolute Gasteiger partial charge is 0.361 e. The molecule has 4 heterocycles. The van der Waals surface area contributed by atoms with Crippen LogP contribution in [0.15, 0.2) is 37.4 Å². The van der Waals surface area contributed by atoms with Gasteiger partial charge in [0.1, 0.15) is 49.7 Å². The quantitative estimate of drug-likeness (QED) is 0.0543. The predicted molar refractivity (Wildman–Crippen MR) is 222 cm³/mol. The molecule has 52 heavy (non-hydrogen) atoms. The molecule has 0 fully saturated rings. The van der Waals surface area contributed by atoms with E-state index in [4.69, 9.17) is 38.9 Å². The molecule has 0 amide bonds.